The smallest absolute Gasteiger partial charge is 0.316 e. The van der Waals surface area contributed by atoms with E-state index in [0.29, 0.717) is 11.3 Å². The highest BCUT2D eigenvalue weighted by molar-refractivity contribution is 6.04. The van der Waals surface area contributed by atoms with Crippen LogP contribution in [0.3, 0.4) is 0 Å². The van der Waals surface area contributed by atoms with Gasteiger partial charge in [-0.05, 0) is 19.1 Å². The van der Waals surface area contributed by atoms with Crippen molar-refractivity contribution in [3.8, 4) is 5.69 Å². The zero-order chi connectivity index (χ0) is 16.4. The molecule has 3 N–H and O–H groups in total. The second-order valence-electron chi connectivity index (χ2n) is 4.83. The molecule has 3 rings (SSSR count). The molecule has 8 heteroatoms. The van der Waals surface area contributed by atoms with Crippen LogP contribution in [-0.2, 0) is 0 Å². The summed E-state index contributed by atoms with van der Waals surface area (Å²) < 4.78 is 1.63. The Morgan fingerprint density at radius 3 is 2.65 bits per heavy atom. The van der Waals surface area contributed by atoms with Gasteiger partial charge in [0, 0.05) is 6.20 Å². The van der Waals surface area contributed by atoms with Crippen molar-refractivity contribution in [2.24, 2.45) is 0 Å². The molecule has 8 nitrogen and oxygen atoms in total. The molecule has 0 bridgehead atoms. The summed E-state index contributed by atoms with van der Waals surface area (Å²) in [5.74, 6) is -0.484. The first-order valence-corrected chi connectivity index (χ1v) is 6.79. The largest absolute Gasteiger partial charge is 0.325 e. The first-order chi connectivity index (χ1) is 11.1. The monoisotopic (exact) mass is 311 g/mol. The number of nitrogens with one attached hydrogen (secondary N) is 3. The van der Waals surface area contributed by atoms with Crippen molar-refractivity contribution in [3.05, 3.63) is 74.8 Å². The first-order valence-electron chi connectivity index (χ1n) is 6.79. The Bertz CT molecular complexity index is 969. The van der Waals surface area contributed by atoms with E-state index in [1.165, 1.54) is 6.20 Å². The molecule has 0 aliphatic carbocycles. The van der Waals surface area contributed by atoms with Crippen LogP contribution in [0.2, 0.25) is 0 Å². The number of benzene rings is 1. The van der Waals surface area contributed by atoms with Crippen LogP contribution in [0.25, 0.3) is 5.69 Å². The summed E-state index contributed by atoms with van der Waals surface area (Å²) in [4.78, 5) is 39.2. The number of aromatic amines is 2. The van der Waals surface area contributed by atoms with Crippen LogP contribution in [0.15, 0.2) is 52.3 Å². The van der Waals surface area contributed by atoms with E-state index in [0.717, 1.165) is 11.9 Å². The van der Waals surface area contributed by atoms with Gasteiger partial charge in [0.1, 0.15) is 5.69 Å². The van der Waals surface area contributed by atoms with Gasteiger partial charge in [-0.1, -0.05) is 18.2 Å². The molecule has 0 aliphatic rings. The fraction of sp³-hybridized carbons (Fsp3) is 0.0667. The van der Waals surface area contributed by atoms with E-state index >= 15 is 0 Å². The quantitative estimate of drug-likeness (QED) is 0.664. The maximum Gasteiger partial charge on any atom is 0.325 e. The van der Waals surface area contributed by atoms with E-state index in [1.54, 1.807) is 11.6 Å². The summed E-state index contributed by atoms with van der Waals surface area (Å²) in [5, 5.41) is 6.65. The third kappa shape index (κ3) is 2.82. The molecule has 1 aromatic carbocycles. The Balaban J connectivity index is 1.90. The Kier molecular flexibility index (Phi) is 3.63. The Morgan fingerprint density at radius 1 is 1.22 bits per heavy atom. The van der Waals surface area contributed by atoms with Gasteiger partial charge in [0.15, 0.2) is 0 Å². The minimum absolute atomic E-state index is 0.0403. The van der Waals surface area contributed by atoms with Crippen LogP contribution in [0.1, 0.15) is 16.1 Å². The second kappa shape index (κ2) is 5.76. The Labute approximate surface area is 129 Å². The molecule has 0 saturated heterocycles. The molecule has 23 heavy (non-hydrogen) atoms. The molecular formula is C15H13N5O3. The maximum absolute atomic E-state index is 12.3. The molecule has 0 atom stereocenters. The lowest BCUT2D eigenvalue weighted by Gasteiger charge is -2.06. The van der Waals surface area contributed by atoms with Crippen LogP contribution in [0.4, 0.5) is 5.69 Å². The summed E-state index contributed by atoms with van der Waals surface area (Å²) in [6, 6.07) is 9.37. The van der Waals surface area contributed by atoms with Crippen molar-refractivity contribution >= 4 is 11.6 Å². The number of aromatic nitrogens is 4. The number of anilines is 1. The average molecular weight is 311 g/mol. The van der Waals surface area contributed by atoms with Crippen molar-refractivity contribution in [1.82, 2.24) is 19.7 Å². The van der Waals surface area contributed by atoms with Crippen molar-refractivity contribution in [2.45, 2.75) is 6.92 Å². The lowest BCUT2D eigenvalue weighted by atomic mass is 10.2. The lowest BCUT2D eigenvalue weighted by molar-refractivity contribution is 0.102. The summed E-state index contributed by atoms with van der Waals surface area (Å²) in [5.41, 5.74) is 0.442. The predicted octanol–water partition coefficient (Wildman–Crippen LogP) is 0.810. The fourth-order valence-corrected chi connectivity index (χ4v) is 2.15. The molecule has 3 aromatic rings. The number of carbonyl (C=O) groups excluding carboxylic acids is 1. The highest BCUT2D eigenvalue weighted by Crippen LogP contribution is 2.14. The molecule has 0 fully saturated rings. The molecule has 1 amide bonds. The number of para-hydroxylation sites is 1. The summed E-state index contributed by atoms with van der Waals surface area (Å²) in [6.45, 7) is 1.76. The van der Waals surface area contributed by atoms with E-state index in [-0.39, 0.29) is 5.69 Å². The summed E-state index contributed by atoms with van der Waals surface area (Å²) >= 11 is 0. The standard InChI is InChI=1S/C15H13N5O3/c1-9-11(7-17-20(9)10-5-3-2-4-6-10)13(21)18-12-8-16-15(23)19-14(12)22/h2-8H,1H3,(H,18,21)(H2,16,19,22,23). The van der Waals surface area contributed by atoms with Crippen molar-refractivity contribution in [3.63, 3.8) is 0 Å². The van der Waals surface area contributed by atoms with Gasteiger partial charge < -0.3 is 10.3 Å². The van der Waals surface area contributed by atoms with Crippen molar-refractivity contribution < 1.29 is 4.79 Å². The number of rotatable bonds is 3. The SMILES string of the molecule is Cc1c(C(=O)Nc2c[nH]c(=O)[nH]c2=O)cnn1-c1ccccc1. The molecule has 0 saturated carbocycles. The number of hydrogen-bond acceptors (Lipinski definition) is 4. The number of amides is 1. The van der Waals surface area contributed by atoms with Crippen molar-refractivity contribution in [2.75, 3.05) is 5.32 Å². The third-order valence-corrected chi connectivity index (χ3v) is 3.32. The predicted molar refractivity (Wildman–Crippen MR) is 83.9 cm³/mol. The van der Waals surface area contributed by atoms with E-state index in [9.17, 15) is 14.4 Å². The topological polar surface area (TPSA) is 113 Å². The molecular weight excluding hydrogens is 298 g/mol. The third-order valence-electron chi connectivity index (χ3n) is 3.32. The fourth-order valence-electron chi connectivity index (χ4n) is 2.15. The molecule has 0 spiro atoms. The summed E-state index contributed by atoms with van der Waals surface area (Å²) in [6.07, 6.45) is 2.58. The Morgan fingerprint density at radius 2 is 1.96 bits per heavy atom. The molecule has 2 aromatic heterocycles. The zero-order valence-electron chi connectivity index (χ0n) is 12.2. The van der Waals surface area contributed by atoms with Gasteiger partial charge in [-0.2, -0.15) is 5.10 Å². The van der Waals surface area contributed by atoms with E-state index in [2.05, 4.69) is 15.4 Å². The van der Waals surface area contributed by atoms with Gasteiger partial charge in [0.05, 0.1) is 23.1 Å². The van der Waals surface area contributed by atoms with Crippen LogP contribution < -0.4 is 16.6 Å². The maximum atomic E-state index is 12.3. The van der Waals surface area contributed by atoms with E-state index in [1.807, 2.05) is 35.3 Å². The van der Waals surface area contributed by atoms with Crippen LogP contribution in [0, 0.1) is 6.92 Å². The van der Waals surface area contributed by atoms with Crippen molar-refractivity contribution in [1.29, 1.82) is 0 Å². The average Bonchev–Trinajstić information content (AvgIpc) is 2.92. The normalized spacial score (nSPS) is 10.5. The molecule has 0 aliphatic heterocycles. The number of H-pyrrole nitrogens is 2. The lowest BCUT2D eigenvalue weighted by Crippen LogP contribution is -2.26. The number of carbonyl (C=O) groups is 1. The highest BCUT2D eigenvalue weighted by Gasteiger charge is 2.16. The number of nitrogens with zero attached hydrogens (tertiary/aromatic N) is 2. The van der Waals surface area contributed by atoms with E-state index in [4.69, 9.17) is 0 Å². The second-order valence-corrected chi connectivity index (χ2v) is 4.83. The van der Waals surface area contributed by atoms with Gasteiger partial charge in [-0.3, -0.25) is 14.6 Å². The van der Waals surface area contributed by atoms with Gasteiger partial charge >= 0.3 is 5.69 Å². The summed E-state index contributed by atoms with van der Waals surface area (Å²) in [7, 11) is 0. The van der Waals surface area contributed by atoms with Crippen LogP contribution >= 0.6 is 0 Å². The number of hydrogen-bond donors (Lipinski definition) is 3. The Hall–Kier alpha value is -3.42. The van der Waals surface area contributed by atoms with Crippen LogP contribution in [-0.4, -0.2) is 25.7 Å². The molecule has 2 heterocycles. The van der Waals surface area contributed by atoms with Gasteiger partial charge in [-0.25, -0.2) is 9.48 Å². The minimum Gasteiger partial charge on any atom is -0.316 e. The van der Waals surface area contributed by atoms with Gasteiger partial charge in [-0.15, -0.1) is 0 Å². The molecule has 0 radical (unpaired) electrons. The van der Waals surface area contributed by atoms with Gasteiger partial charge in [0.25, 0.3) is 11.5 Å². The van der Waals surface area contributed by atoms with Gasteiger partial charge in [0.2, 0.25) is 0 Å². The minimum atomic E-state index is -0.671. The van der Waals surface area contributed by atoms with Crippen LogP contribution in [0.5, 0.6) is 0 Å². The zero-order valence-corrected chi connectivity index (χ0v) is 12.2. The van der Waals surface area contributed by atoms with E-state index < -0.39 is 17.2 Å². The first kappa shape index (κ1) is 14.5. The molecule has 0 unspecified atom stereocenters. The highest BCUT2D eigenvalue weighted by atomic mass is 16.2. The molecule has 116 valence electrons.